The number of hydrogen-bond acceptors (Lipinski definition) is 3. The average molecular weight is 1010 g/mol. The molecule has 0 saturated carbocycles. The van der Waals surface area contributed by atoms with Gasteiger partial charge in [-0.25, -0.2) is 0 Å². The SMILES string of the molecule is CCCCc1ccc2sc3ccccc3c2c1N1c2cc(-n3c4ccccc4c4cc(C(C)(C)C)ccc43)ccc2B2c3ccc(-n4c5ccccc5c5cc(C(C)(C)C)ccc54)cc3Oc3cc(C(C)(C)C)cc1c32. The van der Waals surface area contributed by atoms with Crippen LogP contribution in [0.1, 0.15) is 104 Å². The van der Waals surface area contributed by atoms with Crippen molar-refractivity contribution in [3.05, 3.63) is 192 Å². The molecule has 5 heterocycles. The van der Waals surface area contributed by atoms with Crippen molar-refractivity contribution in [2.24, 2.45) is 0 Å². The summed E-state index contributed by atoms with van der Waals surface area (Å²) < 4.78 is 15.1. The van der Waals surface area contributed by atoms with E-state index in [-0.39, 0.29) is 23.0 Å². The van der Waals surface area contributed by atoms with Gasteiger partial charge in [0.15, 0.2) is 0 Å². The zero-order valence-corrected chi connectivity index (χ0v) is 46.3. The minimum Gasteiger partial charge on any atom is -0.458 e. The van der Waals surface area contributed by atoms with Crippen molar-refractivity contribution < 1.29 is 4.74 Å². The third-order valence-electron chi connectivity index (χ3n) is 16.8. The second-order valence-electron chi connectivity index (χ2n) is 24.8. The Balaban J connectivity index is 1.06. The maximum Gasteiger partial charge on any atom is 0.256 e. The van der Waals surface area contributed by atoms with Crippen LogP contribution >= 0.6 is 11.3 Å². The molecular formula is C70H64BN3OS. The molecule has 76 heavy (non-hydrogen) atoms. The van der Waals surface area contributed by atoms with E-state index < -0.39 is 0 Å². The summed E-state index contributed by atoms with van der Waals surface area (Å²) >= 11 is 1.90. The lowest BCUT2D eigenvalue weighted by molar-refractivity contribution is 0.483. The van der Waals surface area contributed by atoms with Crippen LogP contribution in [0.2, 0.25) is 0 Å². The van der Waals surface area contributed by atoms with E-state index in [1.165, 1.54) is 119 Å². The lowest BCUT2D eigenvalue weighted by atomic mass is 9.34. The van der Waals surface area contributed by atoms with Gasteiger partial charge in [-0.05, 0) is 147 Å². The molecule has 0 bridgehead atoms. The molecular weight excluding hydrogens is 942 g/mol. The Hall–Kier alpha value is -7.54. The number of thiophene rings is 1. The van der Waals surface area contributed by atoms with Crippen LogP contribution in [0.3, 0.4) is 0 Å². The number of ether oxygens (including phenoxy) is 1. The first kappa shape index (κ1) is 47.0. The van der Waals surface area contributed by atoms with Crippen molar-refractivity contribution in [2.75, 3.05) is 4.90 Å². The highest BCUT2D eigenvalue weighted by Gasteiger charge is 2.44. The Bertz CT molecular complexity index is 4390. The molecule has 2 aliphatic rings. The lowest BCUT2D eigenvalue weighted by Gasteiger charge is -2.42. The number of hydrogen-bond donors (Lipinski definition) is 0. The molecule has 4 nitrogen and oxygen atoms in total. The summed E-state index contributed by atoms with van der Waals surface area (Å²) in [7, 11) is 0. The van der Waals surface area contributed by atoms with Crippen LogP contribution in [0.4, 0.5) is 17.1 Å². The molecule has 0 unspecified atom stereocenters. The van der Waals surface area contributed by atoms with E-state index in [1.807, 2.05) is 11.3 Å². The average Bonchev–Trinajstić information content (AvgIpc) is 4.08. The summed E-state index contributed by atoms with van der Waals surface area (Å²) in [6.07, 6.45) is 3.20. The normalized spacial score (nSPS) is 13.6. The third-order valence-corrected chi connectivity index (χ3v) is 18.0. The second kappa shape index (κ2) is 16.7. The van der Waals surface area contributed by atoms with Gasteiger partial charge < -0.3 is 18.8 Å². The van der Waals surface area contributed by atoms with Crippen LogP contribution in [0, 0.1) is 0 Å². The van der Waals surface area contributed by atoms with E-state index >= 15 is 0 Å². The minimum atomic E-state index is -0.170. The molecule has 0 amide bonds. The summed E-state index contributed by atoms with van der Waals surface area (Å²) in [4.78, 5) is 2.69. The van der Waals surface area contributed by atoms with Gasteiger partial charge in [0.2, 0.25) is 0 Å². The molecule has 3 aromatic heterocycles. The number of nitrogens with zero attached hydrogens (tertiary/aromatic N) is 3. The van der Waals surface area contributed by atoms with Crippen molar-refractivity contribution in [3.63, 3.8) is 0 Å². The molecule has 6 heteroatoms. The molecule has 0 atom stereocenters. The van der Waals surface area contributed by atoms with Gasteiger partial charge >= 0.3 is 0 Å². The van der Waals surface area contributed by atoms with Crippen molar-refractivity contribution in [1.29, 1.82) is 0 Å². The van der Waals surface area contributed by atoms with Gasteiger partial charge in [-0.3, -0.25) is 0 Å². The molecule has 0 aliphatic carbocycles. The standard InChI is InChI=1S/C70H64BN3OS/c1-11-12-19-42-26-35-64-65(50-22-15-18-25-63(50)76-64)67(42)74-59-40-46(72-55-23-16-13-20-48(55)51-36-43(68(2,3)4)27-33-57(51)72)29-31-53(59)71-54-32-30-47(41-61(54)75-62-39-45(70(8,9)10)38-60(74)66(62)71)73-56-24-17-14-21-49(56)52-37-44(69(5,6)7)28-34-58(52)73/h13-18,20-41H,11-12,19H2,1-10H3. The number of aromatic nitrogens is 2. The Morgan fingerprint density at radius 1 is 0.461 bits per heavy atom. The highest BCUT2D eigenvalue weighted by atomic mass is 32.1. The van der Waals surface area contributed by atoms with Crippen molar-refractivity contribution in [3.8, 4) is 22.9 Å². The number of benzene rings is 9. The van der Waals surface area contributed by atoms with Gasteiger partial charge in [0, 0.05) is 70.5 Å². The monoisotopic (exact) mass is 1010 g/mol. The van der Waals surface area contributed by atoms with Crippen LogP contribution in [0.5, 0.6) is 11.5 Å². The molecule has 0 fully saturated rings. The Kier molecular flexibility index (Phi) is 10.3. The summed E-state index contributed by atoms with van der Waals surface area (Å²) in [6, 6.07) is 65.2. The van der Waals surface area contributed by atoms with E-state index in [4.69, 9.17) is 4.74 Å². The van der Waals surface area contributed by atoms with Gasteiger partial charge in [-0.2, -0.15) is 0 Å². The van der Waals surface area contributed by atoms with Gasteiger partial charge in [0.1, 0.15) is 11.5 Å². The van der Waals surface area contributed by atoms with Crippen molar-refractivity contribution in [1.82, 2.24) is 9.13 Å². The number of rotatable bonds is 6. The smallest absolute Gasteiger partial charge is 0.256 e. The summed E-state index contributed by atoms with van der Waals surface area (Å²) in [5.74, 6) is 1.84. The fourth-order valence-electron chi connectivity index (χ4n) is 12.8. The summed E-state index contributed by atoms with van der Waals surface area (Å²) in [5.41, 5.74) is 19.6. The van der Waals surface area contributed by atoms with Crippen molar-refractivity contribution >= 4 is 115 Å². The largest absolute Gasteiger partial charge is 0.458 e. The molecule has 0 spiro atoms. The topological polar surface area (TPSA) is 22.3 Å². The first-order valence-corrected chi connectivity index (χ1v) is 28.3. The van der Waals surface area contributed by atoms with Gasteiger partial charge in [0.25, 0.3) is 6.71 Å². The van der Waals surface area contributed by atoms with Crippen LogP contribution in [-0.4, -0.2) is 15.8 Å². The van der Waals surface area contributed by atoms with E-state index in [0.717, 1.165) is 42.1 Å². The first-order chi connectivity index (χ1) is 36.5. The van der Waals surface area contributed by atoms with Gasteiger partial charge in [0.05, 0.1) is 27.8 Å². The van der Waals surface area contributed by atoms with Gasteiger partial charge in [-0.1, -0.05) is 161 Å². The Morgan fingerprint density at radius 2 is 1.03 bits per heavy atom. The van der Waals surface area contributed by atoms with E-state index in [9.17, 15) is 0 Å². The molecule has 12 aromatic rings. The highest BCUT2D eigenvalue weighted by molar-refractivity contribution is 7.26. The first-order valence-electron chi connectivity index (χ1n) is 27.5. The molecule has 0 N–H and O–H groups in total. The molecule has 0 radical (unpaired) electrons. The number of fused-ring (bicyclic) bond motifs is 13. The number of para-hydroxylation sites is 2. The maximum absolute atomic E-state index is 7.49. The van der Waals surface area contributed by atoms with Crippen LogP contribution < -0.4 is 26.0 Å². The predicted molar refractivity (Wildman–Crippen MR) is 329 cm³/mol. The molecule has 374 valence electrons. The molecule has 14 rings (SSSR count). The van der Waals surface area contributed by atoms with Crippen LogP contribution in [0.15, 0.2) is 170 Å². The predicted octanol–water partition coefficient (Wildman–Crippen LogP) is 17.9. The molecule has 0 saturated heterocycles. The molecule has 2 aliphatic heterocycles. The van der Waals surface area contributed by atoms with Crippen LogP contribution in [0.25, 0.3) is 75.2 Å². The van der Waals surface area contributed by atoms with E-state index in [0.29, 0.717) is 0 Å². The van der Waals surface area contributed by atoms with Crippen LogP contribution in [-0.2, 0) is 22.7 Å². The van der Waals surface area contributed by atoms with Crippen molar-refractivity contribution in [2.45, 2.75) is 105 Å². The Morgan fingerprint density at radius 3 is 1.64 bits per heavy atom. The Labute approximate surface area is 451 Å². The number of anilines is 3. The fourth-order valence-corrected chi connectivity index (χ4v) is 13.9. The lowest BCUT2D eigenvalue weighted by Crippen LogP contribution is -2.59. The highest BCUT2D eigenvalue weighted by Crippen LogP contribution is 2.51. The number of unbranched alkanes of at least 4 members (excludes halogenated alkanes) is 1. The zero-order chi connectivity index (χ0) is 52.2. The zero-order valence-electron chi connectivity index (χ0n) is 45.5. The summed E-state index contributed by atoms with van der Waals surface area (Å²) in [6.45, 7) is 23.1. The van der Waals surface area contributed by atoms with Gasteiger partial charge in [-0.15, -0.1) is 11.3 Å². The fraction of sp³-hybridized carbons (Fsp3) is 0.229. The van der Waals surface area contributed by atoms with E-state index in [1.54, 1.807) is 0 Å². The quantitative estimate of drug-likeness (QED) is 0.155. The maximum atomic E-state index is 7.49. The summed E-state index contributed by atoms with van der Waals surface area (Å²) in [5, 5.41) is 7.72. The minimum absolute atomic E-state index is 0.0184. The van der Waals surface area contributed by atoms with E-state index in [2.05, 4.69) is 253 Å². The molecule has 9 aromatic carbocycles. The third kappa shape index (κ3) is 7.09. The second-order valence-corrected chi connectivity index (χ2v) is 25.9. The number of aryl methyl sites for hydroxylation is 1.